The van der Waals surface area contributed by atoms with Gasteiger partial charge in [-0.05, 0) is 137 Å². The van der Waals surface area contributed by atoms with Gasteiger partial charge in [-0.25, -0.2) is 36.7 Å². The van der Waals surface area contributed by atoms with Crippen molar-refractivity contribution in [2.75, 3.05) is 68.3 Å². The Hall–Kier alpha value is -9.21. The van der Waals surface area contributed by atoms with E-state index in [0.717, 1.165) is 85.5 Å². The number of carbonyl (C=O) groups excluding carboxylic acids is 1. The second-order valence-corrected chi connectivity index (χ2v) is 18.5. The summed E-state index contributed by atoms with van der Waals surface area (Å²) < 4.78 is 74.4. The van der Waals surface area contributed by atoms with Crippen molar-refractivity contribution in [3.05, 3.63) is 194 Å². The van der Waals surface area contributed by atoms with Crippen LogP contribution in [0.2, 0.25) is 0 Å². The summed E-state index contributed by atoms with van der Waals surface area (Å²) in [4.78, 5) is 73.0. The van der Waals surface area contributed by atoms with E-state index >= 15 is 0 Å². The molecule has 418 valence electrons. The molecule has 9 aromatic rings. The molecular weight excluding hydrogens is 1050 g/mol. The van der Waals surface area contributed by atoms with Crippen LogP contribution in [0.4, 0.5) is 39.5 Å². The summed E-state index contributed by atoms with van der Waals surface area (Å²) in [6.07, 6.45) is 1.59. The minimum absolute atomic E-state index is 0.0232. The number of carbonyl (C=O) groups is 2. The first-order valence-corrected chi connectivity index (χ1v) is 26.3. The van der Waals surface area contributed by atoms with Crippen LogP contribution in [0.5, 0.6) is 0 Å². The minimum Gasteiger partial charge on any atom is -0.478 e. The van der Waals surface area contributed by atoms with Crippen molar-refractivity contribution in [1.29, 1.82) is 0 Å². The highest BCUT2D eigenvalue weighted by atomic mass is 19.1. The van der Waals surface area contributed by atoms with Crippen LogP contribution in [0.1, 0.15) is 61.3 Å². The number of carboxylic acid groups (broad SMARTS) is 1. The van der Waals surface area contributed by atoms with Gasteiger partial charge in [-0.15, -0.1) is 0 Å². The summed E-state index contributed by atoms with van der Waals surface area (Å²) in [5, 5.41) is 19.1. The van der Waals surface area contributed by atoms with Crippen LogP contribution < -0.4 is 27.1 Å². The number of nitrogens with zero attached hydrogens (tertiary/aromatic N) is 8. The molecule has 0 bridgehead atoms. The molecule has 0 aliphatic rings. The first-order valence-electron chi connectivity index (χ1n) is 26.3. The molecule has 9 rings (SSSR count). The molecule has 5 aromatic carbocycles. The Morgan fingerprint density at radius 1 is 0.506 bits per heavy atom. The summed E-state index contributed by atoms with van der Waals surface area (Å²) >= 11 is 0. The number of aromatic nitrogens is 6. The van der Waals surface area contributed by atoms with Gasteiger partial charge in [0, 0.05) is 58.4 Å². The molecule has 4 heterocycles. The van der Waals surface area contributed by atoms with Crippen molar-refractivity contribution >= 4 is 51.5 Å². The Kier molecular flexibility index (Phi) is 19.1. The molecule has 0 spiro atoms. The third kappa shape index (κ3) is 13.6. The molecule has 16 nitrogen and oxygen atoms in total. The molecule has 0 radical (unpaired) electrons. The smallest absolute Gasteiger partial charge is 0.335 e. The SMILES string of the molecule is CCN(CC)CCCNc1nc(-c2ccc(C(=O)Nc3ccc(F)cc3)cc2)c2ccc(=O)n(-c3c(F)cccc3F)c2n1.CCN(CC)CCCNc1nc(-c2ccc(C(=O)O)cc2)c2ccc(=O)n(-c3c(F)cccc3F)c2n1. The Bertz CT molecular complexity index is 3780. The van der Waals surface area contributed by atoms with Gasteiger partial charge in [-0.1, -0.05) is 64.1 Å². The fourth-order valence-corrected chi connectivity index (χ4v) is 9.04. The number of benzene rings is 5. The fourth-order valence-electron chi connectivity index (χ4n) is 9.04. The van der Waals surface area contributed by atoms with E-state index in [1.54, 1.807) is 36.4 Å². The normalized spacial score (nSPS) is 11.2. The van der Waals surface area contributed by atoms with Gasteiger partial charge in [-0.3, -0.25) is 23.5 Å². The second-order valence-electron chi connectivity index (χ2n) is 18.5. The summed E-state index contributed by atoms with van der Waals surface area (Å²) in [5.74, 6) is -5.15. The topological polar surface area (TPSA) is 192 Å². The van der Waals surface area contributed by atoms with E-state index in [4.69, 9.17) is 4.98 Å². The van der Waals surface area contributed by atoms with Crippen LogP contribution >= 0.6 is 0 Å². The third-order valence-corrected chi connectivity index (χ3v) is 13.4. The number of carboxylic acids is 1. The van der Waals surface area contributed by atoms with Crippen LogP contribution in [-0.2, 0) is 0 Å². The van der Waals surface area contributed by atoms with Gasteiger partial charge in [-0.2, -0.15) is 9.97 Å². The molecule has 0 atom stereocenters. The summed E-state index contributed by atoms with van der Waals surface area (Å²) in [6, 6.07) is 30.2. The van der Waals surface area contributed by atoms with Gasteiger partial charge >= 0.3 is 5.97 Å². The third-order valence-electron chi connectivity index (χ3n) is 13.4. The Labute approximate surface area is 462 Å². The lowest BCUT2D eigenvalue weighted by molar-refractivity contribution is 0.0696. The van der Waals surface area contributed by atoms with Crippen LogP contribution in [0.25, 0.3) is 56.0 Å². The summed E-state index contributed by atoms with van der Waals surface area (Å²) in [5.41, 5.74) is 0.479. The molecule has 4 aromatic heterocycles. The molecule has 0 saturated heterocycles. The van der Waals surface area contributed by atoms with E-state index in [0.29, 0.717) is 57.6 Å². The van der Waals surface area contributed by atoms with Crippen LogP contribution in [-0.4, -0.2) is 108 Å². The predicted octanol–water partition coefficient (Wildman–Crippen LogP) is 10.8. The van der Waals surface area contributed by atoms with Gasteiger partial charge in [0.1, 0.15) is 40.5 Å². The lowest BCUT2D eigenvalue weighted by Crippen LogP contribution is -2.25. The first kappa shape index (κ1) is 58.0. The Morgan fingerprint density at radius 3 is 1.28 bits per heavy atom. The zero-order chi connectivity index (χ0) is 57.7. The van der Waals surface area contributed by atoms with E-state index in [2.05, 4.69) is 68.4 Å². The van der Waals surface area contributed by atoms with Crippen molar-refractivity contribution in [1.82, 2.24) is 38.9 Å². The standard InChI is InChI=1S/C33H31F3N6O2.C27H27F2N5O3/c1-3-41(4-2)20-6-19-37-33-39-29(21-9-11-22(12-10-21)32(44)38-24-15-13-23(34)14-16-24)25-17-18-28(43)42(31(25)40-33)30-26(35)7-5-8-27(30)36;1-3-33(4-2)16-6-15-30-27-31-23(17-9-11-18(12-10-17)26(36)37)19-13-14-22(35)34(25(19)32-27)24-20(28)7-5-8-21(24)29/h5,7-18H,3-4,6,19-20H2,1-2H3,(H,38,44)(H,37,39,40);5,7-14H,3-4,6,15-16H2,1-2H3,(H,36,37)(H,30,31,32). The molecule has 0 saturated carbocycles. The second kappa shape index (κ2) is 26.6. The van der Waals surface area contributed by atoms with E-state index in [1.807, 2.05) is 0 Å². The molecule has 0 unspecified atom stereocenters. The molecular formula is C60H58F5N11O5. The van der Waals surface area contributed by atoms with E-state index in [1.165, 1.54) is 72.8 Å². The number of fused-ring (bicyclic) bond motifs is 2. The average Bonchev–Trinajstić information content (AvgIpc) is 3.46. The lowest BCUT2D eigenvalue weighted by Gasteiger charge is -2.18. The van der Waals surface area contributed by atoms with Crippen molar-refractivity contribution in [2.24, 2.45) is 0 Å². The molecule has 0 aliphatic heterocycles. The Morgan fingerprint density at radius 2 is 0.901 bits per heavy atom. The monoisotopic (exact) mass is 1110 g/mol. The maximum absolute atomic E-state index is 14.9. The zero-order valence-corrected chi connectivity index (χ0v) is 44.8. The van der Waals surface area contributed by atoms with Crippen molar-refractivity contribution in [2.45, 2.75) is 40.5 Å². The number of amides is 1. The minimum atomic E-state index is -1.07. The quantitative estimate of drug-likeness (QED) is 0.0393. The first-order chi connectivity index (χ1) is 39.1. The number of pyridine rings is 2. The molecule has 0 fully saturated rings. The fraction of sp³-hybridized carbons (Fsp3) is 0.233. The van der Waals surface area contributed by atoms with Gasteiger partial charge in [0.2, 0.25) is 11.9 Å². The van der Waals surface area contributed by atoms with E-state index < -0.39 is 63.5 Å². The molecule has 4 N–H and O–H groups in total. The van der Waals surface area contributed by atoms with Crippen molar-refractivity contribution < 1.29 is 36.6 Å². The van der Waals surface area contributed by atoms with Crippen LogP contribution in [0.3, 0.4) is 0 Å². The van der Waals surface area contributed by atoms with Crippen LogP contribution in [0.15, 0.2) is 143 Å². The van der Waals surface area contributed by atoms with Gasteiger partial charge in [0.15, 0.2) is 11.3 Å². The van der Waals surface area contributed by atoms with Gasteiger partial charge < -0.3 is 30.9 Å². The number of para-hydroxylation sites is 2. The predicted molar refractivity (Wildman–Crippen MR) is 304 cm³/mol. The van der Waals surface area contributed by atoms with E-state index in [-0.39, 0.29) is 28.8 Å². The van der Waals surface area contributed by atoms with Crippen LogP contribution in [0, 0.1) is 29.1 Å². The van der Waals surface area contributed by atoms with Crippen molar-refractivity contribution in [3.8, 4) is 33.9 Å². The number of rotatable bonds is 21. The summed E-state index contributed by atoms with van der Waals surface area (Å²) in [7, 11) is 0. The maximum atomic E-state index is 14.9. The molecule has 1 amide bonds. The molecule has 0 aliphatic carbocycles. The number of anilines is 3. The van der Waals surface area contributed by atoms with Gasteiger partial charge in [0.05, 0.1) is 17.0 Å². The number of hydrogen-bond acceptors (Lipinski definition) is 12. The lowest BCUT2D eigenvalue weighted by atomic mass is 10.1. The highest BCUT2D eigenvalue weighted by Gasteiger charge is 2.22. The van der Waals surface area contributed by atoms with Crippen molar-refractivity contribution in [3.63, 3.8) is 0 Å². The molecule has 81 heavy (non-hydrogen) atoms. The number of nitrogens with one attached hydrogen (secondary N) is 3. The zero-order valence-electron chi connectivity index (χ0n) is 44.8. The largest absolute Gasteiger partial charge is 0.478 e. The maximum Gasteiger partial charge on any atom is 0.335 e. The molecule has 21 heteroatoms. The number of aromatic carboxylic acids is 1. The Balaban J connectivity index is 0.000000216. The van der Waals surface area contributed by atoms with Gasteiger partial charge in [0.25, 0.3) is 17.0 Å². The van der Waals surface area contributed by atoms with E-state index in [9.17, 15) is 46.2 Å². The summed E-state index contributed by atoms with van der Waals surface area (Å²) in [6.45, 7) is 14.8. The number of hydrogen-bond donors (Lipinski definition) is 4. The highest BCUT2D eigenvalue weighted by molar-refractivity contribution is 6.05. The average molecular weight is 1110 g/mol. The number of halogens is 5. The highest BCUT2D eigenvalue weighted by Crippen LogP contribution is 2.32.